The van der Waals surface area contributed by atoms with Gasteiger partial charge in [-0.2, -0.15) is 5.10 Å². The molecule has 6 N–H and O–H groups in total. The van der Waals surface area contributed by atoms with Crippen molar-refractivity contribution in [2.24, 2.45) is 45.1 Å². The first-order valence-electron chi connectivity index (χ1n) is 19.3. The van der Waals surface area contributed by atoms with Gasteiger partial charge in [0.1, 0.15) is 18.2 Å². The van der Waals surface area contributed by atoms with E-state index in [4.69, 9.17) is 21.2 Å². The highest BCUT2D eigenvalue weighted by Crippen LogP contribution is 2.74. The van der Waals surface area contributed by atoms with E-state index in [1.165, 1.54) is 22.4 Å². The first-order valence-corrected chi connectivity index (χ1v) is 19.3. The molecule has 0 saturated heterocycles. The van der Waals surface area contributed by atoms with E-state index >= 15 is 0 Å². The molecule has 2 aromatic heterocycles. The lowest BCUT2D eigenvalue weighted by molar-refractivity contribution is -0.174. The first-order chi connectivity index (χ1) is 24.1. The second kappa shape index (κ2) is 11.4. The molecule has 8 nitrogen and oxygen atoms in total. The smallest absolute Gasteiger partial charge is 0.313 e. The average molecular weight is 691 g/mol. The van der Waals surface area contributed by atoms with Gasteiger partial charge in [-0.15, -0.1) is 0 Å². The molecule has 0 aliphatic heterocycles. The van der Waals surface area contributed by atoms with Crippen LogP contribution in [-0.4, -0.2) is 33.7 Å². The van der Waals surface area contributed by atoms with Crippen molar-refractivity contribution in [3.05, 3.63) is 76.6 Å². The van der Waals surface area contributed by atoms with E-state index in [-0.39, 0.29) is 33.5 Å². The number of fused-ring (bicyclic) bond motifs is 8. The zero-order valence-corrected chi connectivity index (χ0v) is 31.8. The molecule has 1 aromatic carbocycles. The van der Waals surface area contributed by atoms with Crippen molar-refractivity contribution in [2.75, 3.05) is 18.1 Å². The summed E-state index contributed by atoms with van der Waals surface area (Å²) in [6.45, 7) is 14.9. The number of anilines is 2. The van der Waals surface area contributed by atoms with E-state index in [2.05, 4.69) is 69.2 Å². The number of rotatable bonds is 5. The van der Waals surface area contributed by atoms with Crippen LogP contribution < -0.4 is 16.8 Å². The van der Waals surface area contributed by atoms with Crippen molar-refractivity contribution in [3.8, 4) is 0 Å². The SMILES string of the molecule is CNc1ccc(C2=C3[C@@H]4CC(C)(C)CC[C@]4(C(=O)OCc4ccccc4)CC[C@@]3(N)[C@]3(C)CC[C@H]4C(C)(C)c5[nH]nc(N)c5C[C@]4(C)C3C2)cn1. The zero-order valence-electron chi connectivity index (χ0n) is 31.8. The normalized spacial score (nSPS) is 36.1. The second-order valence-corrected chi connectivity index (χ2v) is 18.8. The summed E-state index contributed by atoms with van der Waals surface area (Å²) in [6, 6.07) is 14.4. The molecule has 0 spiro atoms. The molecule has 5 aliphatic rings. The number of allylic oxidation sites excluding steroid dienone is 1. The van der Waals surface area contributed by atoms with Crippen LogP contribution in [0.1, 0.15) is 115 Å². The van der Waals surface area contributed by atoms with E-state index in [0.29, 0.717) is 24.3 Å². The van der Waals surface area contributed by atoms with Gasteiger partial charge in [0.15, 0.2) is 0 Å². The Kier molecular flexibility index (Phi) is 7.71. The lowest BCUT2D eigenvalue weighted by Crippen LogP contribution is -2.71. The van der Waals surface area contributed by atoms with Crippen LogP contribution >= 0.6 is 0 Å². The largest absolute Gasteiger partial charge is 0.460 e. The van der Waals surface area contributed by atoms with Crippen LogP contribution in [0.2, 0.25) is 0 Å². The molecule has 3 saturated carbocycles. The Hall–Kier alpha value is -3.65. The van der Waals surface area contributed by atoms with Crippen LogP contribution in [0.5, 0.6) is 0 Å². The van der Waals surface area contributed by atoms with E-state index in [0.717, 1.165) is 74.7 Å². The third kappa shape index (κ3) is 4.83. The number of aromatic nitrogens is 3. The predicted molar refractivity (Wildman–Crippen MR) is 203 cm³/mol. The van der Waals surface area contributed by atoms with Gasteiger partial charge in [0.25, 0.3) is 0 Å². The lowest BCUT2D eigenvalue weighted by atomic mass is 9.34. The Morgan fingerprint density at radius 1 is 0.980 bits per heavy atom. The van der Waals surface area contributed by atoms with Gasteiger partial charge in [-0.25, -0.2) is 4.98 Å². The number of nitrogens with two attached hydrogens (primary N) is 2. The summed E-state index contributed by atoms with van der Waals surface area (Å²) in [7, 11) is 1.91. The molecule has 7 atom stereocenters. The number of nitrogens with one attached hydrogen (secondary N) is 2. The van der Waals surface area contributed by atoms with E-state index in [9.17, 15) is 4.79 Å². The zero-order chi connectivity index (χ0) is 36.2. The molecular weight excluding hydrogens is 633 g/mol. The van der Waals surface area contributed by atoms with Gasteiger partial charge in [-0.3, -0.25) is 9.89 Å². The van der Waals surface area contributed by atoms with Crippen LogP contribution in [0.25, 0.3) is 5.57 Å². The summed E-state index contributed by atoms with van der Waals surface area (Å²) in [6.07, 6.45) is 10.2. The molecule has 5 aliphatic carbocycles. The molecule has 8 heteroatoms. The fourth-order valence-electron chi connectivity index (χ4n) is 12.7. The van der Waals surface area contributed by atoms with Gasteiger partial charge in [0.2, 0.25) is 0 Å². The number of nitrogens with zero attached hydrogens (tertiary/aromatic N) is 2. The van der Waals surface area contributed by atoms with Crippen molar-refractivity contribution >= 4 is 23.2 Å². The Balaban J connectivity index is 1.31. The van der Waals surface area contributed by atoms with Crippen molar-refractivity contribution in [3.63, 3.8) is 0 Å². The number of H-pyrrole nitrogens is 1. The number of aromatic amines is 1. The third-order valence-corrected chi connectivity index (χ3v) is 15.5. The minimum atomic E-state index is -0.608. The topological polar surface area (TPSA) is 132 Å². The number of benzene rings is 1. The number of hydrogen-bond donors (Lipinski definition) is 4. The summed E-state index contributed by atoms with van der Waals surface area (Å²) in [4.78, 5) is 19.6. The fraction of sp³-hybridized carbons (Fsp3) is 0.605. The maximum absolute atomic E-state index is 14.7. The number of pyridine rings is 1. The minimum absolute atomic E-state index is 0.00975. The molecule has 272 valence electrons. The van der Waals surface area contributed by atoms with Crippen molar-refractivity contribution < 1.29 is 9.53 Å². The highest BCUT2D eigenvalue weighted by atomic mass is 16.5. The summed E-state index contributed by atoms with van der Waals surface area (Å²) in [5.41, 5.74) is 20.5. The molecular formula is C43H58N6O2. The Morgan fingerprint density at radius 2 is 1.73 bits per heavy atom. The second-order valence-electron chi connectivity index (χ2n) is 18.8. The van der Waals surface area contributed by atoms with E-state index < -0.39 is 11.0 Å². The number of esters is 1. The van der Waals surface area contributed by atoms with Gasteiger partial charge >= 0.3 is 5.97 Å². The minimum Gasteiger partial charge on any atom is -0.460 e. The molecule has 0 radical (unpaired) electrons. The predicted octanol–water partition coefficient (Wildman–Crippen LogP) is 8.21. The number of ether oxygens (including phenoxy) is 1. The highest BCUT2D eigenvalue weighted by Gasteiger charge is 2.71. The number of carbonyl (C=O) groups excluding carboxylic acids is 1. The maximum atomic E-state index is 14.7. The lowest BCUT2D eigenvalue weighted by Gasteiger charge is -2.71. The monoisotopic (exact) mass is 690 g/mol. The molecule has 1 unspecified atom stereocenters. The summed E-state index contributed by atoms with van der Waals surface area (Å²) < 4.78 is 6.31. The van der Waals surface area contributed by atoms with Gasteiger partial charge < -0.3 is 21.5 Å². The molecule has 3 aromatic rings. The van der Waals surface area contributed by atoms with Gasteiger partial charge in [0.05, 0.1) is 5.41 Å². The number of hydrogen-bond acceptors (Lipinski definition) is 7. The van der Waals surface area contributed by atoms with Gasteiger partial charge in [0, 0.05) is 35.5 Å². The van der Waals surface area contributed by atoms with Crippen LogP contribution in [0.15, 0.2) is 54.2 Å². The quantitative estimate of drug-likeness (QED) is 0.199. The molecule has 3 fully saturated rings. The van der Waals surface area contributed by atoms with Crippen molar-refractivity contribution in [2.45, 2.75) is 117 Å². The van der Waals surface area contributed by atoms with Crippen LogP contribution in [0, 0.1) is 39.4 Å². The molecule has 0 bridgehead atoms. The number of nitrogen functional groups attached to an aromatic ring is 1. The maximum Gasteiger partial charge on any atom is 0.313 e. The summed E-state index contributed by atoms with van der Waals surface area (Å²) in [5, 5.41) is 11.1. The van der Waals surface area contributed by atoms with Crippen molar-refractivity contribution in [1.29, 1.82) is 0 Å². The first kappa shape index (κ1) is 34.4. The fourth-order valence-corrected chi connectivity index (χ4v) is 12.7. The Morgan fingerprint density at radius 3 is 2.43 bits per heavy atom. The summed E-state index contributed by atoms with van der Waals surface area (Å²) in [5.74, 6) is 2.15. The Labute approximate surface area is 304 Å². The van der Waals surface area contributed by atoms with E-state index in [1.807, 2.05) is 43.6 Å². The molecule has 51 heavy (non-hydrogen) atoms. The third-order valence-electron chi connectivity index (χ3n) is 15.5. The average Bonchev–Trinajstić information content (AvgIpc) is 3.47. The highest BCUT2D eigenvalue weighted by molar-refractivity contribution is 5.82. The van der Waals surface area contributed by atoms with Crippen LogP contribution in [-0.2, 0) is 28.0 Å². The summed E-state index contributed by atoms with van der Waals surface area (Å²) >= 11 is 0. The molecule has 8 rings (SSSR count). The van der Waals surface area contributed by atoms with Crippen LogP contribution in [0.3, 0.4) is 0 Å². The van der Waals surface area contributed by atoms with Crippen LogP contribution in [0.4, 0.5) is 11.6 Å². The Bertz CT molecular complexity index is 1880. The van der Waals surface area contributed by atoms with E-state index in [1.54, 1.807) is 0 Å². The molecule has 2 heterocycles. The van der Waals surface area contributed by atoms with Gasteiger partial charge in [-0.1, -0.05) is 71.9 Å². The van der Waals surface area contributed by atoms with Crippen molar-refractivity contribution in [1.82, 2.24) is 15.2 Å². The standard InChI is InChI=1S/C43H58N6O2/c1-38(2)17-18-42(37(50)51-25-26-11-9-8-10-12-26)19-20-43(45)34(30(42)23-38)28(27-13-14-33(46-7)47-24-27)21-32-40(5)22-29-35(48-49-36(29)44)39(3,4)31(40)15-16-41(32,43)6/h8-14,24,30-32H,15-23,25,45H2,1-7H3,(H,46,47)(H3,44,48,49)/t30-,31-,32?,40-,41+,42-,43-/m0/s1. The molecule has 0 amide bonds. The van der Waals surface area contributed by atoms with Gasteiger partial charge in [-0.05, 0) is 126 Å². The number of carbonyl (C=O) groups is 1.